The number of amides is 2. The van der Waals surface area contributed by atoms with Gasteiger partial charge in [0.05, 0.1) is 21.3 Å². The zero-order chi connectivity index (χ0) is 28.6. The third kappa shape index (κ3) is 6.29. The normalized spacial score (nSPS) is 10.6. The molecule has 2 N–H and O–H groups in total. The first-order valence-electron chi connectivity index (χ1n) is 12.0. The number of hydrogen-bond acceptors (Lipinski definition) is 6. The average Bonchev–Trinajstić information content (AvgIpc) is 2.96. The van der Waals surface area contributed by atoms with Gasteiger partial charge in [0.25, 0.3) is 0 Å². The van der Waals surface area contributed by atoms with E-state index in [-0.39, 0.29) is 28.1 Å². The molecule has 0 aliphatic heterocycles. The standard InChI is InChI=1S/C30H26F2N2O6/c1-37-26-15-13-19(17-27(26)38-2)34-30(36)33-18-12-14-25(22(16-18)29(35)39-3)40-28(20-8-4-6-10-23(20)31)21-9-5-7-11-24(21)32/h4-17,28H,1-3H3,(H2,33,34,36). The summed E-state index contributed by atoms with van der Waals surface area (Å²) in [5, 5.41) is 5.30. The Morgan fingerprint density at radius 3 is 1.73 bits per heavy atom. The zero-order valence-electron chi connectivity index (χ0n) is 21.9. The highest BCUT2D eigenvalue weighted by atomic mass is 19.1. The summed E-state index contributed by atoms with van der Waals surface area (Å²) in [6.45, 7) is 0. The van der Waals surface area contributed by atoms with E-state index in [0.717, 1.165) is 0 Å². The van der Waals surface area contributed by atoms with Crippen LogP contribution in [0.15, 0.2) is 84.9 Å². The number of anilines is 2. The molecule has 40 heavy (non-hydrogen) atoms. The summed E-state index contributed by atoms with van der Waals surface area (Å²) >= 11 is 0. The van der Waals surface area contributed by atoms with Crippen molar-refractivity contribution in [1.29, 1.82) is 0 Å². The fourth-order valence-corrected chi connectivity index (χ4v) is 3.98. The number of urea groups is 1. The van der Waals surface area contributed by atoms with Crippen LogP contribution in [0.4, 0.5) is 25.0 Å². The summed E-state index contributed by atoms with van der Waals surface area (Å²) in [7, 11) is 4.16. The van der Waals surface area contributed by atoms with E-state index in [1.54, 1.807) is 30.3 Å². The molecule has 2 amide bonds. The van der Waals surface area contributed by atoms with E-state index in [1.165, 1.54) is 75.9 Å². The Bertz CT molecular complexity index is 1480. The summed E-state index contributed by atoms with van der Waals surface area (Å²) in [5.74, 6) is -1.08. The number of carbonyl (C=O) groups is 2. The first-order chi connectivity index (χ1) is 19.3. The highest BCUT2D eigenvalue weighted by molar-refractivity contribution is 6.01. The van der Waals surface area contributed by atoms with Gasteiger partial charge in [0.1, 0.15) is 22.9 Å². The molecule has 0 aromatic heterocycles. The Hall–Kier alpha value is -5.12. The van der Waals surface area contributed by atoms with Gasteiger partial charge in [0.2, 0.25) is 0 Å². The summed E-state index contributed by atoms with van der Waals surface area (Å²) in [4.78, 5) is 25.3. The van der Waals surface area contributed by atoms with Crippen LogP contribution in [0.25, 0.3) is 0 Å². The number of benzene rings is 4. The fourth-order valence-electron chi connectivity index (χ4n) is 3.98. The number of halogens is 2. The molecule has 0 fully saturated rings. The van der Waals surface area contributed by atoms with Crippen molar-refractivity contribution in [1.82, 2.24) is 0 Å². The molecule has 10 heteroatoms. The maximum absolute atomic E-state index is 14.8. The molecule has 4 aromatic carbocycles. The fraction of sp³-hybridized carbons (Fsp3) is 0.133. The predicted octanol–water partition coefficient (Wildman–Crippen LogP) is 6.58. The molecule has 0 heterocycles. The first-order valence-corrected chi connectivity index (χ1v) is 12.0. The van der Waals surface area contributed by atoms with Crippen LogP contribution in [-0.4, -0.2) is 33.3 Å². The quantitative estimate of drug-likeness (QED) is 0.230. The van der Waals surface area contributed by atoms with Crippen LogP contribution in [0.1, 0.15) is 27.6 Å². The number of rotatable bonds is 9. The number of nitrogens with one attached hydrogen (secondary N) is 2. The lowest BCUT2D eigenvalue weighted by atomic mass is 10.00. The second-order valence-electron chi connectivity index (χ2n) is 8.39. The summed E-state index contributed by atoms with van der Waals surface area (Å²) in [6, 6.07) is 20.1. The van der Waals surface area contributed by atoms with Crippen molar-refractivity contribution in [3.63, 3.8) is 0 Å². The lowest BCUT2D eigenvalue weighted by molar-refractivity contribution is 0.0594. The molecule has 0 saturated heterocycles. The Kier molecular flexibility index (Phi) is 8.80. The zero-order valence-corrected chi connectivity index (χ0v) is 21.9. The Balaban J connectivity index is 1.63. The Morgan fingerprint density at radius 1 is 0.675 bits per heavy atom. The second kappa shape index (κ2) is 12.6. The SMILES string of the molecule is COC(=O)c1cc(NC(=O)Nc2ccc(OC)c(OC)c2)ccc1OC(c1ccccc1F)c1ccccc1F. The molecule has 0 spiro atoms. The van der Waals surface area contributed by atoms with Crippen LogP contribution in [0.5, 0.6) is 17.2 Å². The monoisotopic (exact) mass is 548 g/mol. The van der Waals surface area contributed by atoms with Crippen molar-refractivity contribution in [3.8, 4) is 17.2 Å². The molecule has 4 aromatic rings. The molecule has 0 aliphatic rings. The van der Waals surface area contributed by atoms with Crippen molar-refractivity contribution in [3.05, 3.63) is 113 Å². The topological polar surface area (TPSA) is 95.1 Å². The van der Waals surface area contributed by atoms with Gasteiger partial charge in [-0.1, -0.05) is 36.4 Å². The largest absolute Gasteiger partial charge is 0.493 e. The van der Waals surface area contributed by atoms with Gasteiger partial charge in [-0.15, -0.1) is 0 Å². The summed E-state index contributed by atoms with van der Waals surface area (Å²) < 4.78 is 51.0. The number of methoxy groups -OCH3 is 3. The van der Waals surface area contributed by atoms with E-state index < -0.39 is 29.7 Å². The van der Waals surface area contributed by atoms with E-state index >= 15 is 0 Å². The van der Waals surface area contributed by atoms with Crippen LogP contribution >= 0.6 is 0 Å². The molecule has 8 nitrogen and oxygen atoms in total. The second-order valence-corrected chi connectivity index (χ2v) is 8.39. The van der Waals surface area contributed by atoms with Crippen LogP contribution in [0.3, 0.4) is 0 Å². The molecule has 206 valence electrons. The van der Waals surface area contributed by atoms with Gasteiger partial charge >= 0.3 is 12.0 Å². The first kappa shape index (κ1) is 27.9. The van der Waals surface area contributed by atoms with Gasteiger partial charge in [-0.25, -0.2) is 18.4 Å². The van der Waals surface area contributed by atoms with Crippen LogP contribution in [0, 0.1) is 11.6 Å². The van der Waals surface area contributed by atoms with Gasteiger partial charge < -0.3 is 29.6 Å². The third-order valence-electron chi connectivity index (χ3n) is 5.90. The van der Waals surface area contributed by atoms with Gasteiger partial charge in [0, 0.05) is 28.6 Å². The highest BCUT2D eigenvalue weighted by Gasteiger charge is 2.25. The Labute approximate surface area is 229 Å². The van der Waals surface area contributed by atoms with Crippen molar-refractivity contribution in [2.45, 2.75) is 6.10 Å². The van der Waals surface area contributed by atoms with Gasteiger partial charge in [-0.2, -0.15) is 0 Å². The maximum atomic E-state index is 14.8. The third-order valence-corrected chi connectivity index (χ3v) is 5.90. The van der Waals surface area contributed by atoms with Crippen LogP contribution in [0.2, 0.25) is 0 Å². The smallest absolute Gasteiger partial charge is 0.341 e. The molecule has 0 radical (unpaired) electrons. The van der Waals surface area contributed by atoms with Crippen molar-refractivity contribution >= 4 is 23.4 Å². The van der Waals surface area contributed by atoms with E-state index in [1.807, 2.05) is 0 Å². The number of carbonyl (C=O) groups excluding carboxylic acids is 2. The summed E-state index contributed by atoms with van der Waals surface area (Å²) in [5.41, 5.74) is 0.740. The summed E-state index contributed by atoms with van der Waals surface area (Å²) in [6.07, 6.45) is -1.22. The minimum atomic E-state index is -1.22. The van der Waals surface area contributed by atoms with Gasteiger partial charge in [-0.3, -0.25) is 0 Å². The molecule has 0 unspecified atom stereocenters. The number of hydrogen-bond donors (Lipinski definition) is 2. The number of ether oxygens (including phenoxy) is 4. The van der Waals surface area contributed by atoms with Crippen molar-refractivity contribution in [2.75, 3.05) is 32.0 Å². The average molecular weight is 549 g/mol. The van der Waals surface area contributed by atoms with Crippen LogP contribution < -0.4 is 24.8 Å². The van der Waals surface area contributed by atoms with E-state index in [4.69, 9.17) is 18.9 Å². The molecule has 0 aliphatic carbocycles. The van der Waals surface area contributed by atoms with Crippen LogP contribution in [-0.2, 0) is 4.74 Å². The minimum Gasteiger partial charge on any atom is -0.493 e. The molecule has 0 atom stereocenters. The van der Waals surface area contributed by atoms with Gasteiger partial charge in [0.15, 0.2) is 17.6 Å². The molecule has 0 saturated carbocycles. The lowest BCUT2D eigenvalue weighted by Gasteiger charge is -2.23. The number of esters is 1. The van der Waals surface area contributed by atoms with Gasteiger partial charge in [-0.05, 0) is 42.5 Å². The molecule has 4 rings (SSSR count). The maximum Gasteiger partial charge on any atom is 0.341 e. The van der Waals surface area contributed by atoms with E-state index in [9.17, 15) is 18.4 Å². The highest BCUT2D eigenvalue weighted by Crippen LogP contribution is 2.35. The van der Waals surface area contributed by atoms with Crippen molar-refractivity contribution < 1.29 is 37.3 Å². The molecular weight excluding hydrogens is 522 g/mol. The van der Waals surface area contributed by atoms with Crippen molar-refractivity contribution in [2.24, 2.45) is 0 Å². The van der Waals surface area contributed by atoms with E-state index in [0.29, 0.717) is 17.2 Å². The predicted molar refractivity (Wildman–Crippen MR) is 145 cm³/mol. The molecule has 0 bridgehead atoms. The lowest BCUT2D eigenvalue weighted by Crippen LogP contribution is -2.20. The minimum absolute atomic E-state index is 0.00537. The Morgan fingerprint density at radius 2 is 1.20 bits per heavy atom. The van der Waals surface area contributed by atoms with E-state index in [2.05, 4.69) is 10.6 Å². The molecular formula is C30H26F2N2O6.